The third-order valence-corrected chi connectivity index (χ3v) is 5.01. The number of anilines is 2. The second kappa shape index (κ2) is 5.61. The fraction of sp³-hybridized carbons (Fsp3) is 0.500. The molecule has 1 amide bonds. The van der Waals surface area contributed by atoms with Gasteiger partial charge in [-0.3, -0.25) is 10.2 Å². The Kier molecular flexibility index (Phi) is 3.78. The van der Waals surface area contributed by atoms with Crippen LogP contribution in [0.3, 0.4) is 0 Å². The Morgan fingerprint density at radius 3 is 2.55 bits per heavy atom. The number of amides is 1. The zero-order valence-electron chi connectivity index (χ0n) is 12.8. The number of carbonyl (C=O) groups excluding carboxylic acids is 1. The number of piperidine rings is 1. The summed E-state index contributed by atoms with van der Waals surface area (Å²) in [4.78, 5) is 14.8. The van der Waals surface area contributed by atoms with Crippen molar-refractivity contribution in [1.82, 2.24) is 10.2 Å². The lowest BCUT2D eigenvalue weighted by Gasteiger charge is -2.36. The third kappa shape index (κ3) is 2.66. The molecule has 6 nitrogen and oxygen atoms in total. The quantitative estimate of drug-likeness (QED) is 0.492. The Labute approximate surface area is 130 Å². The minimum Gasteiger partial charge on any atom is -0.399 e. The predicted molar refractivity (Wildman–Crippen MR) is 87.8 cm³/mol. The normalized spacial score (nSPS) is 27.6. The fourth-order valence-electron chi connectivity index (χ4n) is 3.70. The number of nitrogens with zero attached hydrogens (tertiary/aromatic N) is 1. The van der Waals surface area contributed by atoms with Gasteiger partial charge in [-0.25, -0.2) is 0 Å². The highest BCUT2D eigenvalue weighted by Gasteiger charge is 2.39. The molecule has 0 aliphatic carbocycles. The van der Waals surface area contributed by atoms with Crippen molar-refractivity contribution in [1.29, 1.82) is 5.41 Å². The van der Waals surface area contributed by atoms with E-state index in [0.717, 1.165) is 12.8 Å². The molecular formula is C16H23N5O. The maximum Gasteiger partial charge on any atom is 0.270 e. The minimum absolute atomic E-state index is 0.115. The topological polar surface area (TPSA) is 108 Å². The van der Waals surface area contributed by atoms with Crippen LogP contribution in [0.2, 0.25) is 0 Å². The van der Waals surface area contributed by atoms with Gasteiger partial charge in [0.15, 0.2) is 0 Å². The Hall–Kier alpha value is -2.08. The maximum absolute atomic E-state index is 12.3. The van der Waals surface area contributed by atoms with Crippen LogP contribution in [0, 0.1) is 5.41 Å². The molecule has 6 N–H and O–H groups in total. The number of benzene rings is 1. The number of hydrogen-bond acceptors (Lipinski definition) is 5. The molecule has 2 unspecified atom stereocenters. The van der Waals surface area contributed by atoms with Crippen LogP contribution in [0.1, 0.15) is 31.2 Å². The molecule has 3 rings (SSSR count). The summed E-state index contributed by atoms with van der Waals surface area (Å²) in [6.07, 6.45) is 4.32. The zero-order chi connectivity index (χ0) is 15.9. The number of rotatable bonds is 3. The fourth-order valence-corrected chi connectivity index (χ4v) is 3.70. The van der Waals surface area contributed by atoms with Gasteiger partial charge in [-0.2, -0.15) is 0 Å². The highest BCUT2D eigenvalue weighted by Crippen LogP contribution is 2.34. The standard InChI is InChI=1S/C16H23N5O/c1-21-11-3-4-12(21)8-10(7-11)20-16(22)15(19)13-6-9(17)2-5-14(13)18/h2,5-6,10-12,19H,3-4,7-8,17-18H2,1H3,(H,20,22). The SMILES string of the molecule is CN1C2CCC1CC(NC(=O)C(=N)c1cc(N)ccc1N)C2. The van der Waals surface area contributed by atoms with Crippen LogP contribution in [0.25, 0.3) is 0 Å². The lowest BCUT2D eigenvalue weighted by atomic mass is 9.97. The smallest absolute Gasteiger partial charge is 0.270 e. The molecule has 2 heterocycles. The van der Waals surface area contributed by atoms with Crippen LogP contribution in [0.5, 0.6) is 0 Å². The van der Waals surface area contributed by atoms with E-state index in [0.29, 0.717) is 29.0 Å². The highest BCUT2D eigenvalue weighted by atomic mass is 16.1. The van der Waals surface area contributed by atoms with Crippen molar-refractivity contribution in [3.63, 3.8) is 0 Å². The highest BCUT2D eigenvalue weighted by molar-refractivity contribution is 6.45. The second-order valence-electron chi connectivity index (χ2n) is 6.41. The van der Waals surface area contributed by atoms with Gasteiger partial charge >= 0.3 is 0 Å². The summed E-state index contributed by atoms with van der Waals surface area (Å²) in [6.45, 7) is 0. The number of carbonyl (C=O) groups is 1. The van der Waals surface area contributed by atoms with E-state index in [9.17, 15) is 4.79 Å². The number of fused-ring (bicyclic) bond motifs is 2. The van der Waals surface area contributed by atoms with E-state index in [1.165, 1.54) is 12.8 Å². The molecule has 0 spiro atoms. The molecule has 0 radical (unpaired) electrons. The molecular weight excluding hydrogens is 278 g/mol. The second-order valence-corrected chi connectivity index (χ2v) is 6.41. The molecule has 2 bridgehead atoms. The summed E-state index contributed by atoms with van der Waals surface area (Å²) in [5.74, 6) is -0.369. The Balaban J connectivity index is 1.67. The van der Waals surface area contributed by atoms with Gasteiger partial charge in [-0.05, 0) is 50.9 Å². The Morgan fingerprint density at radius 1 is 1.27 bits per heavy atom. The molecule has 2 atom stereocenters. The van der Waals surface area contributed by atoms with Crippen LogP contribution < -0.4 is 16.8 Å². The molecule has 2 fully saturated rings. The van der Waals surface area contributed by atoms with E-state index in [-0.39, 0.29) is 17.7 Å². The van der Waals surface area contributed by atoms with Crippen LogP contribution >= 0.6 is 0 Å². The molecule has 0 saturated carbocycles. The van der Waals surface area contributed by atoms with Gasteiger partial charge in [0.1, 0.15) is 5.71 Å². The van der Waals surface area contributed by atoms with Gasteiger partial charge in [0.25, 0.3) is 5.91 Å². The summed E-state index contributed by atoms with van der Waals surface area (Å²) in [7, 11) is 2.16. The van der Waals surface area contributed by atoms with E-state index in [1.807, 2.05) is 0 Å². The average molecular weight is 301 g/mol. The Morgan fingerprint density at radius 2 is 1.91 bits per heavy atom. The molecule has 1 aromatic rings. The number of nitrogens with two attached hydrogens (primary N) is 2. The van der Waals surface area contributed by atoms with Crippen molar-refractivity contribution in [2.24, 2.45) is 0 Å². The van der Waals surface area contributed by atoms with Crippen molar-refractivity contribution in [3.8, 4) is 0 Å². The van der Waals surface area contributed by atoms with E-state index < -0.39 is 0 Å². The lowest BCUT2D eigenvalue weighted by molar-refractivity contribution is -0.115. The zero-order valence-corrected chi connectivity index (χ0v) is 12.8. The van der Waals surface area contributed by atoms with Crippen molar-refractivity contribution < 1.29 is 4.79 Å². The first-order chi connectivity index (χ1) is 10.5. The van der Waals surface area contributed by atoms with Crippen LogP contribution in [0.4, 0.5) is 11.4 Å². The van der Waals surface area contributed by atoms with E-state index >= 15 is 0 Å². The van der Waals surface area contributed by atoms with Gasteiger partial charge < -0.3 is 21.7 Å². The predicted octanol–water partition coefficient (Wildman–Crippen LogP) is 0.960. The third-order valence-electron chi connectivity index (χ3n) is 5.01. The first-order valence-electron chi connectivity index (χ1n) is 7.72. The Bertz CT molecular complexity index is 601. The molecule has 1 aromatic carbocycles. The van der Waals surface area contributed by atoms with Gasteiger partial charge in [-0.1, -0.05) is 0 Å². The van der Waals surface area contributed by atoms with Crippen molar-refractivity contribution >= 4 is 23.0 Å². The molecule has 2 aliphatic heterocycles. The van der Waals surface area contributed by atoms with E-state index in [4.69, 9.17) is 16.9 Å². The van der Waals surface area contributed by atoms with Crippen molar-refractivity contribution in [3.05, 3.63) is 23.8 Å². The van der Waals surface area contributed by atoms with E-state index in [1.54, 1.807) is 18.2 Å². The summed E-state index contributed by atoms with van der Waals surface area (Å²) in [5.41, 5.74) is 12.8. The van der Waals surface area contributed by atoms with Gasteiger partial charge in [0.2, 0.25) is 0 Å². The summed E-state index contributed by atoms with van der Waals surface area (Å²) in [5, 5.41) is 11.1. The molecule has 2 aliphatic rings. The number of nitrogen functional groups attached to an aromatic ring is 2. The van der Waals surface area contributed by atoms with Crippen molar-refractivity contribution in [2.45, 2.75) is 43.8 Å². The van der Waals surface area contributed by atoms with Gasteiger partial charge in [0, 0.05) is 35.1 Å². The molecule has 6 heteroatoms. The number of nitrogens with one attached hydrogen (secondary N) is 2. The minimum atomic E-state index is -0.369. The monoisotopic (exact) mass is 301 g/mol. The summed E-state index contributed by atoms with van der Waals surface area (Å²) in [6, 6.07) is 6.12. The molecule has 118 valence electrons. The molecule has 22 heavy (non-hydrogen) atoms. The van der Waals surface area contributed by atoms with Gasteiger partial charge in [-0.15, -0.1) is 0 Å². The molecule has 2 saturated heterocycles. The summed E-state index contributed by atoms with van der Waals surface area (Å²) < 4.78 is 0. The largest absolute Gasteiger partial charge is 0.399 e. The maximum atomic E-state index is 12.3. The van der Waals surface area contributed by atoms with Crippen molar-refractivity contribution in [2.75, 3.05) is 18.5 Å². The van der Waals surface area contributed by atoms with Gasteiger partial charge in [0.05, 0.1) is 0 Å². The summed E-state index contributed by atoms with van der Waals surface area (Å²) >= 11 is 0. The van der Waals surface area contributed by atoms with Crippen LogP contribution in [-0.2, 0) is 4.79 Å². The first kappa shape index (κ1) is 14.8. The van der Waals surface area contributed by atoms with Crippen LogP contribution in [-0.4, -0.2) is 41.7 Å². The molecule has 0 aromatic heterocycles. The van der Waals surface area contributed by atoms with E-state index in [2.05, 4.69) is 17.3 Å². The number of hydrogen-bond donors (Lipinski definition) is 4. The first-order valence-corrected chi connectivity index (χ1v) is 7.72. The average Bonchev–Trinajstić information content (AvgIpc) is 2.71. The lowest BCUT2D eigenvalue weighted by Crippen LogP contribution is -2.50. The van der Waals surface area contributed by atoms with Crippen LogP contribution in [0.15, 0.2) is 18.2 Å².